The van der Waals surface area contributed by atoms with Gasteiger partial charge in [0.1, 0.15) is 0 Å². The van der Waals surface area contributed by atoms with E-state index in [0.717, 1.165) is 6.42 Å². The van der Waals surface area contributed by atoms with Crippen LogP contribution in [0.3, 0.4) is 0 Å². The fourth-order valence-corrected chi connectivity index (χ4v) is 1.59. The van der Waals surface area contributed by atoms with Crippen LogP contribution in [0.2, 0.25) is 0 Å². The molecule has 0 aromatic rings. The molecule has 0 saturated carbocycles. The Bertz CT molecular complexity index is 219. The summed E-state index contributed by atoms with van der Waals surface area (Å²) >= 11 is 0. The molecule has 1 heterocycles. The summed E-state index contributed by atoms with van der Waals surface area (Å²) in [5.74, 6) is 0.542. The second-order valence-corrected chi connectivity index (χ2v) is 4.55. The average molecular weight is 199 g/mol. The van der Waals surface area contributed by atoms with Gasteiger partial charge >= 0.3 is 0 Å². The topological polar surface area (TPSA) is 58.4 Å². The van der Waals surface area contributed by atoms with Crippen molar-refractivity contribution < 1.29 is 4.79 Å². The van der Waals surface area contributed by atoms with E-state index in [9.17, 15) is 4.79 Å². The first-order valence-electron chi connectivity index (χ1n) is 5.29. The molecule has 0 bridgehead atoms. The highest BCUT2D eigenvalue weighted by Crippen LogP contribution is 2.23. The molecule has 1 amide bonds. The molecule has 1 saturated heterocycles. The lowest BCUT2D eigenvalue weighted by atomic mass is 9.97. The van der Waals surface area contributed by atoms with Crippen LogP contribution in [0.4, 0.5) is 0 Å². The fourth-order valence-electron chi connectivity index (χ4n) is 1.59. The van der Waals surface area contributed by atoms with E-state index in [2.05, 4.69) is 26.2 Å². The number of nitrogens with one attached hydrogen (secondary N) is 1. The van der Waals surface area contributed by atoms with Crippen molar-refractivity contribution in [3.8, 4) is 0 Å². The van der Waals surface area contributed by atoms with Gasteiger partial charge in [0.2, 0.25) is 5.91 Å². The van der Waals surface area contributed by atoms with Gasteiger partial charge in [-0.15, -0.1) is 0 Å². The lowest BCUT2D eigenvalue weighted by Gasteiger charge is -2.26. The molecule has 1 aliphatic rings. The van der Waals surface area contributed by atoms with Gasteiger partial charge in [0.25, 0.3) is 0 Å². The van der Waals surface area contributed by atoms with Crippen molar-refractivity contribution in [1.29, 1.82) is 0 Å². The third kappa shape index (κ3) is 2.45. The van der Waals surface area contributed by atoms with Crippen LogP contribution >= 0.6 is 0 Å². The van der Waals surface area contributed by atoms with Gasteiger partial charge in [-0.2, -0.15) is 0 Å². The van der Waals surface area contributed by atoms with E-state index in [4.69, 9.17) is 5.73 Å². The molecular formula is C10H21N3O. The first-order chi connectivity index (χ1) is 6.50. The lowest BCUT2D eigenvalue weighted by Crippen LogP contribution is -2.46. The van der Waals surface area contributed by atoms with Gasteiger partial charge in [-0.25, -0.2) is 5.43 Å². The number of hydrogen-bond acceptors (Lipinski definition) is 3. The number of carbonyl (C=O) groups is 1. The van der Waals surface area contributed by atoms with Crippen molar-refractivity contribution in [3.05, 3.63) is 0 Å². The van der Waals surface area contributed by atoms with E-state index in [-0.39, 0.29) is 11.4 Å². The maximum absolute atomic E-state index is 11.6. The fraction of sp³-hybridized carbons (Fsp3) is 0.900. The molecule has 0 radical (unpaired) electrons. The summed E-state index contributed by atoms with van der Waals surface area (Å²) in [4.78, 5) is 11.6. The van der Waals surface area contributed by atoms with Crippen molar-refractivity contribution in [3.63, 3.8) is 0 Å². The second-order valence-electron chi connectivity index (χ2n) is 4.55. The Morgan fingerprint density at radius 1 is 1.71 bits per heavy atom. The maximum Gasteiger partial charge on any atom is 0.238 e. The Kier molecular flexibility index (Phi) is 3.50. The molecule has 1 rings (SSSR count). The Morgan fingerprint density at radius 3 is 2.79 bits per heavy atom. The highest BCUT2D eigenvalue weighted by atomic mass is 16.2. The monoisotopic (exact) mass is 199 g/mol. The number of amides is 1. The molecule has 14 heavy (non-hydrogen) atoms. The molecule has 0 aliphatic carbocycles. The molecule has 0 spiro atoms. The number of nitrogens with zero attached hydrogens (tertiary/aromatic N) is 1. The molecular weight excluding hydrogens is 178 g/mol. The molecule has 1 aliphatic heterocycles. The third-order valence-electron chi connectivity index (χ3n) is 2.92. The number of hydrazine groups is 1. The maximum atomic E-state index is 11.6. The molecule has 1 fully saturated rings. The minimum atomic E-state index is -0.0502. The van der Waals surface area contributed by atoms with Crippen LogP contribution in [0.5, 0.6) is 0 Å². The summed E-state index contributed by atoms with van der Waals surface area (Å²) in [6.45, 7) is 7.56. The van der Waals surface area contributed by atoms with Crippen molar-refractivity contribution >= 4 is 5.91 Å². The van der Waals surface area contributed by atoms with Crippen molar-refractivity contribution in [2.75, 3.05) is 13.1 Å². The van der Waals surface area contributed by atoms with E-state index in [1.807, 2.05) is 0 Å². The van der Waals surface area contributed by atoms with E-state index in [1.54, 1.807) is 5.01 Å². The van der Waals surface area contributed by atoms with Crippen LogP contribution in [0, 0.1) is 5.92 Å². The van der Waals surface area contributed by atoms with Gasteiger partial charge in [-0.1, -0.05) is 13.8 Å². The van der Waals surface area contributed by atoms with Crippen LogP contribution in [0.25, 0.3) is 0 Å². The smallest absolute Gasteiger partial charge is 0.238 e. The molecule has 2 atom stereocenters. The van der Waals surface area contributed by atoms with E-state index in [1.165, 1.54) is 0 Å². The van der Waals surface area contributed by atoms with Crippen LogP contribution in [0.1, 0.15) is 33.6 Å². The second kappa shape index (κ2) is 4.28. The van der Waals surface area contributed by atoms with Crippen molar-refractivity contribution in [2.24, 2.45) is 11.7 Å². The van der Waals surface area contributed by atoms with Gasteiger partial charge in [0.05, 0.1) is 0 Å². The molecule has 0 aromatic carbocycles. The van der Waals surface area contributed by atoms with Gasteiger partial charge in [0.15, 0.2) is 0 Å². The van der Waals surface area contributed by atoms with Crippen LogP contribution in [-0.4, -0.2) is 29.5 Å². The lowest BCUT2D eigenvalue weighted by molar-refractivity contribution is -0.130. The standard InChI is InChI=1S/C10H21N3O/c1-4-10(3)5-9(14)13(12-10)7-8(2)6-11/h8,12H,4-7,11H2,1-3H3. The molecule has 4 nitrogen and oxygen atoms in total. The summed E-state index contributed by atoms with van der Waals surface area (Å²) < 4.78 is 0. The summed E-state index contributed by atoms with van der Waals surface area (Å²) in [5, 5.41) is 1.72. The Morgan fingerprint density at radius 2 is 2.36 bits per heavy atom. The summed E-state index contributed by atoms with van der Waals surface area (Å²) in [5.41, 5.74) is 8.74. The molecule has 3 N–H and O–H groups in total. The zero-order chi connectivity index (χ0) is 10.8. The Labute approximate surface area is 85.8 Å². The third-order valence-corrected chi connectivity index (χ3v) is 2.92. The van der Waals surface area contributed by atoms with E-state index >= 15 is 0 Å². The zero-order valence-corrected chi connectivity index (χ0v) is 9.34. The first kappa shape index (κ1) is 11.5. The molecule has 82 valence electrons. The normalized spacial score (nSPS) is 29.7. The number of carbonyl (C=O) groups excluding carboxylic acids is 1. The average Bonchev–Trinajstić information content (AvgIpc) is 2.43. The highest BCUT2D eigenvalue weighted by Gasteiger charge is 2.37. The van der Waals surface area contributed by atoms with Crippen LogP contribution in [-0.2, 0) is 4.79 Å². The first-order valence-corrected chi connectivity index (χ1v) is 5.29. The number of nitrogens with two attached hydrogens (primary N) is 1. The van der Waals surface area contributed by atoms with Crippen molar-refractivity contribution in [1.82, 2.24) is 10.4 Å². The van der Waals surface area contributed by atoms with Gasteiger partial charge in [-0.3, -0.25) is 9.80 Å². The molecule has 2 unspecified atom stereocenters. The predicted molar refractivity (Wildman–Crippen MR) is 56.4 cm³/mol. The zero-order valence-electron chi connectivity index (χ0n) is 9.34. The Balaban J connectivity index is 2.53. The highest BCUT2D eigenvalue weighted by molar-refractivity contribution is 5.79. The quantitative estimate of drug-likeness (QED) is 0.692. The number of hydrogen-bond donors (Lipinski definition) is 2. The Hall–Kier alpha value is -0.610. The van der Waals surface area contributed by atoms with E-state index in [0.29, 0.717) is 25.4 Å². The molecule has 0 aromatic heterocycles. The number of rotatable bonds is 4. The SMILES string of the molecule is CCC1(C)CC(=O)N(CC(C)CN)N1. The van der Waals surface area contributed by atoms with E-state index < -0.39 is 0 Å². The minimum Gasteiger partial charge on any atom is -0.330 e. The van der Waals surface area contributed by atoms with Crippen LogP contribution in [0.15, 0.2) is 0 Å². The minimum absolute atomic E-state index is 0.0502. The van der Waals surface area contributed by atoms with Gasteiger partial charge in [0, 0.05) is 18.5 Å². The van der Waals surface area contributed by atoms with Gasteiger partial charge in [-0.05, 0) is 25.8 Å². The molecule has 4 heteroatoms. The van der Waals surface area contributed by atoms with Crippen molar-refractivity contribution in [2.45, 2.75) is 39.2 Å². The summed E-state index contributed by atoms with van der Waals surface area (Å²) in [6.07, 6.45) is 1.56. The summed E-state index contributed by atoms with van der Waals surface area (Å²) in [7, 11) is 0. The summed E-state index contributed by atoms with van der Waals surface area (Å²) in [6, 6.07) is 0. The van der Waals surface area contributed by atoms with Crippen LogP contribution < -0.4 is 11.2 Å². The van der Waals surface area contributed by atoms with Gasteiger partial charge < -0.3 is 5.73 Å². The largest absolute Gasteiger partial charge is 0.330 e. The predicted octanol–water partition coefficient (Wildman–Crippen LogP) is 0.487.